The number of carbonyl (C=O) groups excluding carboxylic acids is 2. The maximum absolute atomic E-state index is 12.6. The summed E-state index contributed by atoms with van der Waals surface area (Å²) in [6, 6.07) is 4.98. The highest BCUT2D eigenvalue weighted by Crippen LogP contribution is 2.33. The van der Waals surface area contributed by atoms with E-state index in [1.807, 2.05) is 26.8 Å². The zero-order valence-electron chi connectivity index (χ0n) is 17.3. The van der Waals surface area contributed by atoms with E-state index in [4.69, 9.17) is 16.8 Å². The number of nitrogens with zero attached hydrogens (tertiary/aromatic N) is 1. The van der Waals surface area contributed by atoms with Crippen LogP contribution in [0.2, 0.25) is 5.02 Å². The van der Waals surface area contributed by atoms with Gasteiger partial charge < -0.3 is 15.4 Å². The highest BCUT2D eigenvalue weighted by atomic mass is 35.5. The number of carbonyl (C=O) groups is 2. The first-order valence-electron chi connectivity index (χ1n) is 9.41. The van der Waals surface area contributed by atoms with E-state index in [0.29, 0.717) is 10.8 Å². The molecule has 29 heavy (non-hydrogen) atoms. The van der Waals surface area contributed by atoms with E-state index < -0.39 is 17.4 Å². The molecular formula is C20H29ClN4O4. The molecule has 2 atom stereocenters. The average Bonchev–Trinajstić information content (AvgIpc) is 3.04. The largest absolute Gasteiger partial charge is 0.383 e. The number of aromatic amines is 1. The first kappa shape index (κ1) is 23.1. The van der Waals surface area contributed by atoms with Crippen molar-refractivity contribution < 1.29 is 19.9 Å². The van der Waals surface area contributed by atoms with E-state index in [-0.39, 0.29) is 30.2 Å². The molecule has 2 amide bonds. The molecule has 0 spiro atoms. The van der Waals surface area contributed by atoms with Gasteiger partial charge in [-0.25, -0.2) is 10.5 Å². The number of amides is 2. The van der Waals surface area contributed by atoms with Crippen LogP contribution in [-0.4, -0.2) is 38.2 Å². The summed E-state index contributed by atoms with van der Waals surface area (Å²) in [5.74, 6) is -0.501. The van der Waals surface area contributed by atoms with Gasteiger partial charge in [-0.05, 0) is 30.0 Å². The van der Waals surface area contributed by atoms with Crippen molar-refractivity contribution in [3.05, 3.63) is 29.0 Å². The summed E-state index contributed by atoms with van der Waals surface area (Å²) < 4.78 is 0. The van der Waals surface area contributed by atoms with Gasteiger partial charge in [-0.15, -0.1) is 0 Å². The molecule has 0 bridgehead atoms. The van der Waals surface area contributed by atoms with Crippen LogP contribution in [0.5, 0.6) is 0 Å². The van der Waals surface area contributed by atoms with Crippen LogP contribution < -0.4 is 10.8 Å². The second-order valence-corrected chi connectivity index (χ2v) is 9.45. The second kappa shape index (κ2) is 8.69. The van der Waals surface area contributed by atoms with Gasteiger partial charge in [0.2, 0.25) is 5.91 Å². The van der Waals surface area contributed by atoms with Crippen molar-refractivity contribution in [3.8, 4) is 0 Å². The van der Waals surface area contributed by atoms with E-state index in [1.54, 1.807) is 26.0 Å². The Bertz CT molecular complexity index is 888. The van der Waals surface area contributed by atoms with Crippen molar-refractivity contribution in [2.24, 2.45) is 10.8 Å². The van der Waals surface area contributed by atoms with Crippen LogP contribution in [0.3, 0.4) is 0 Å². The summed E-state index contributed by atoms with van der Waals surface area (Å²) in [6.07, 6.45) is -1.08. The molecule has 0 aliphatic heterocycles. The first-order chi connectivity index (χ1) is 13.3. The molecular weight excluding hydrogens is 396 g/mol. The minimum absolute atomic E-state index is 0.0986. The lowest BCUT2D eigenvalue weighted by atomic mass is 9.81. The summed E-state index contributed by atoms with van der Waals surface area (Å²) >= 11 is 6.04. The minimum atomic E-state index is -1.43. The first-order valence-corrected chi connectivity index (χ1v) is 9.79. The van der Waals surface area contributed by atoms with Crippen molar-refractivity contribution in [2.45, 2.75) is 59.6 Å². The molecule has 0 aliphatic rings. The molecule has 1 heterocycles. The Labute approximate surface area is 175 Å². The van der Waals surface area contributed by atoms with Crippen LogP contribution in [0.15, 0.2) is 18.2 Å². The van der Waals surface area contributed by atoms with Crippen molar-refractivity contribution in [3.63, 3.8) is 0 Å². The standard InChI is InChI=1S/C20H29ClN4O4/c1-19(2,3)15(17-22-12-7-6-11(21)10-13(12)23-17)24-14(26)8-9-20(4,5)16(27)18(28)25-29/h6-7,10,15-16,27,29H,8-9H2,1-5H3,(H,22,23)(H,24,26)(H,25,28)/t15-,16-/m1/s1. The summed E-state index contributed by atoms with van der Waals surface area (Å²) in [5.41, 5.74) is 1.77. The Hall–Kier alpha value is -2.16. The fraction of sp³-hybridized carbons (Fsp3) is 0.550. The number of hydroxylamine groups is 1. The van der Waals surface area contributed by atoms with Gasteiger partial charge in [-0.1, -0.05) is 46.2 Å². The number of rotatable bonds is 7. The third kappa shape index (κ3) is 5.68. The smallest absolute Gasteiger partial charge is 0.272 e. The van der Waals surface area contributed by atoms with Gasteiger partial charge in [-0.2, -0.15) is 0 Å². The molecule has 0 aliphatic carbocycles. The van der Waals surface area contributed by atoms with Gasteiger partial charge in [-0.3, -0.25) is 14.8 Å². The fourth-order valence-corrected chi connectivity index (χ4v) is 3.23. The number of fused-ring (bicyclic) bond motifs is 1. The molecule has 0 fully saturated rings. The molecule has 0 saturated carbocycles. The highest BCUT2D eigenvalue weighted by Gasteiger charge is 2.35. The topological polar surface area (TPSA) is 127 Å². The molecule has 9 heteroatoms. The lowest BCUT2D eigenvalue weighted by molar-refractivity contribution is -0.145. The molecule has 1 aromatic carbocycles. The fourth-order valence-electron chi connectivity index (χ4n) is 3.05. The Morgan fingerprint density at radius 3 is 2.48 bits per heavy atom. The molecule has 2 aromatic rings. The van der Waals surface area contributed by atoms with E-state index in [9.17, 15) is 14.7 Å². The molecule has 1 aromatic heterocycles. The van der Waals surface area contributed by atoms with Crippen LogP contribution in [0, 0.1) is 10.8 Å². The van der Waals surface area contributed by atoms with Gasteiger partial charge in [0.25, 0.3) is 5.91 Å². The van der Waals surface area contributed by atoms with Crippen molar-refractivity contribution in [1.29, 1.82) is 0 Å². The van der Waals surface area contributed by atoms with Gasteiger partial charge in [0.05, 0.1) is 17.1 Å². The number of aliphatic hydroxyl groups excluding tert-OH is 1. The van der Waals surface area contributed by atoms with Gasteiger partial charge >= 0.3 is 0 Å². The number of hydrogen-bond donors (Lipinski definition) is 5. The highest BCUT2D eigenvalue weighted by molar-refractivity contribution is 6.31. The van der Waals surface area contributed by atoms with Gasteiger partial charge in [0.15, 0.2) is 0 Å². The summed E-state index contributed by atoms with van der Waals surface area (Å²) in [7, 11) is 0. The maximum Gasteiger partial charge on any atom is 0.272 e. The van der Waals surface area contributed by atoms with Gasteiger partial charge in [0.1, 0.15) is 11.9 Å². The van der Waals surface area contributed by atoms with Crippen LogP contribution in [-0.2, 0) is 9.59 Å². The van der Waals surface area contributed by atoms with Crippen LogP contribution in [0.4, 0.5) is 0 Å². The SMILES string of the molecule is CC(C)(C)[C@H](NC(=O)CCC(C)(C)[C@H](O)C(=O)NO)c1nc2ccc(Cl)cc2[nH]1. The van der Waals surface area contributed by atoms with Crippen LogP contribution in [0.25, 0.3) is 11.0 Å². The Morgan fingerprint density at radius 1 is 1.24 bits per heavy atom. The summed E-state index contributed by atoms with van der Waals surface area (Å²) in [4.78, 5) is 31.9. The van der Waals surface area contributed by atoms with E-state index in [0.717, 1.165) is 11.0 Å². The number of aliphatic hydroxyl groups is 1. The molecule has 160 valence electrons. The number of imidazole rings is 1. The predicted molar refractivity (Wildman–Crippen MR) is 110 cm³/mol. The number of hydrogen-bond acceptors (Lipinski definition) is 5. The monoisotopic (exact) mass is 424 g/mol. The average molecular weight is 425 g/mol. The Morgan fingerprint density at radius 2 is 1.90 bits per heavy atom. The van der Waals surface area contributed by atoms with Crippen molar-refractivity contribution in [1.82, 2.24) is 20.8 Å². The third-order valence-corrected chi connectivity index (χ3v) is 5.24. The number of aromatic nitrogens is 2. The Kier molecular flexibility index (Phi) is 6.93. The number of halogens is 1. The zero-order valence-corrected chi connectivity index (χ0v) is 18.1. The molecule has 5 N–H and O–H groups in total. The predicted octanol–water partition coefficient (Wildman–Crippen LogP) is 3.09. The number of nitrogens with one attached hydrogen (secondary N) is 3. The van der Waals surface area contributed by atoms with Crippen molar-refractivity contribution >= 4 is 34.4 Å². The van der Waals surface area contributed by atoms with Gasteiger partial charge in [0, 0.05) is 16.9 Å². The second-order valence-electron chi connectivity index (χ2n) is 9.02. The minimum Gasteiger partial charge on any atom is -0.383 e. The number of H-pyrrole nitrogens is 1. The molecule has 0 unspecified atom stereocenters. The van der Waals surface area contributed by atoms with E-state index >= 15 is 0 Å². The van der Waals surface area contributed by atoms with E-state index in [1.165, 1.54) is 5.48 Å². The normalized spacial score (nSPS) is 14.5. The quantitative estimate of drug-likeness (QED) is 0.344. The molecule has 0 radical (unpaired) electrons. The third-order valence-electron chi connectivity index (χ3n) is 5.00. The van der Waals surface area contributed by atoms with Crippen molar-refractivity contribution in [2.75, 3.05) is 0 Å². The molecule has 8 nitrogen and oxygen atoms in total. The maximum atomic E-state index is 12.6. The lowest BCUT2D eigenvalue weighted by Gasteiger charge is -2.31. The Balaban J connectivity index is 2.14. The lowest BCUT2D eigenvalue weighted by Crippen LogP contribution is -2.43. The van der Waals surface area contributed by atoms with Crippen LogP contribution in [0.1, 0.15) is 59.3 Å². The molecule has 0 saturated heterocycles. The van der Waals surface area contributed by atoms with Crippen LogP contribution >= 0.6 is 11.6 Å². The summed E-state index contributed by atoms with van der Waals surface area (Å²) in [6.45, 7) is 9.31. The zero-order chi connectivity index (χ0) is 22.0. The molecule has 2 rings (SSSR count). The summed E-state index contributed by atoms with van der Waals surface area (Å²) in [5, 5.41) is 22.3. The van der Waals surface area contributed by atoms with E-state index in [2.05, 4.69) is 15.3 Å². The number of benzene rings is 1.